The van der Waals surface area contributed by atoms with E-state index in [1.165, 1.54) is 22.9 Å². The number of hydrogen-bond acceptors (Lipinski definition) is 13. The molecule has 2 aromatic carbocycles. The summed E-state index contributed by atoms with van der Waals surface area (Å²) in [4.78, 5) is 76.3. The van der Waals surface area contributed by atoms with Crippen molar-refractivity contribution in [3.63, 3.8) is 0 Å². The van der Waals surface area contributed by atoms with E-state index in [2.05, 4.69) is 10.6 Å². The summed E-state index contributed by atoms with van der Waals surface area (Å²) in [6, 6.07) is 10.4. The Hall–Kier alpha value is -4.11. The van der Waals surface area contributed by atoms with Gasteiger partial charge in [-0.05, 0) is 29.8 Å². The number of ether oxygens (including phenoxy) is 5. The topological polar surface area (TPSA) is 289 Å². The van der Waals surface area contributed by atoms with Crippen LogP contribution >= 0.6 is 15.2 Å². The molecule has 23 heteroatoms. The van der Waals surface area contributed by atoms with Gasteiger partial charge in [0.05, 0.1) is 51.1 Å². The predicted molar refractivity (Wildman–Crippen MR) is 191 cm³/mol. The highest BCUT2D eigenvalue weighted by Crippen LogP contribution is 2.65. The molecule has 0 fully saturated rings. The van der Waals surface area contributed by atoms with E-state index in [0.717, 1.165) is 17.1 Å². The number of Topliss-reactive ketones (excluding diaryl/α,β-unsaturated/α-hetero) is 1. The average molecular weight is 847 g/mol. The molecule has 0 radical (unpaired) electrons. The highest BCUT2D eigenvalue weighted by molar-refractivity contribution is 7.71. The van der Waals surface area contributed by atoms with Crippen LogP contribution in [-0.2, 0) is 46.0 Å². The van der Waals surface area contributed by atoms with Gasteiger partial charge in [-0.25, -0.2) is 13.5 Å². The number of hydrogen-bond donors (Lipinski definition) is 7. The minimum atomic E-state index is -5.89. The number of amides is 2. The molecule has 314 valence electrons. The molecule has 0 spiro atoms. The van der Waals surface area contributed by atoms with Gasteiger partial charge in [0.15, 0.2) is 20.0 Å². The number of fused-ring (bicyclic) bond motifs is 1. The molecule has 4 rings (SSSR count). The third-order valence-electron chi connectivity index (χ3n) is 8.39. The van der Waals surface area contributed by atoms with Crippen LogP contribution in [-0.4, -0.2) is 124 Å². The maximum absolute atomic E-state index is 13.3. The summed E-state index contributed by atoms with van der Waals surface area (Å²) in [6.45, 7) is -0.109. The van der Waals surface area contributed by atoms with Crippen LogP contribution in [0, 0.1) is 5.82 Å². The summed E-state index contributed by atoms with van der Waals surface area (Å²) in [7, 11) is -11.6. The van der Waals surface area contributed by atoms with E-state index >= 15 is 0 Å². The van der Waals surface area contributed by atoms with Crippen LogP contribution in [0.15, 0.2) is 61.2 Å². The lowest BCUT2D eigenvalue weighted by atomic mass is 9.89. The van der Waals surface area contributed by atoms with Crippen molar-refractivity contribution >= 4 is 32.8 Å². The number of nitrogens with zero attached hydrogens (tertiary/aromatic N) is 2. The normalized spacial score (nSPS) is 16.8. The van der Waals surface area contributed by atoms with Gasteiger partial charge in [-0.2, -0.15) is 0 Å². The van der Waals surface area contributed by atoms with Gasteiger partial charge in [-0.1, -0.05) is 12.1 Å². The summed E-state index contributed by atoms with van der Waals surface area (Å²) < 4.78 is 65.9. The summed E-state index contributed by atoms with van der Waals surface area (Å²) >= 11 is 0. The lowest BCUT2D eigenvalue weighted by molar-refractivity contribution is -0.703. The minimum absolute atomic E-state index is 0.00333. The number of rotatable bonds is 24. The Balaban J connectivity index is 0.969. The number of nitrogens with one attached hydrogen (secondary N) is 2. The first-order valence-electron chi connectivity index (χ1n) is 17.5. The molecular weight excluding hydrogens is 801 g/mol. The van der Waals surface area contributed by atoms with Gasteiger partial charge < -0.3 is 68.7 Å². The van der Waals surface area contributed by atoms with E-state index in [4.69, 9.17) is 23.7 Å². The molecule has 2 heterocycles. The van der Waals surface area contributed by atoms with Crippen molar-refractivity contribution in [3.05, 3.63) is 78.1 Å². The average Bonchev–Trinajstić information content (AvgIpc) is 3.59. The number of benzene rings is 2. The van der Waals surface area contributed by atoms with E-state index < -0.39 is 50.6 Å². The Morgan fingerprint density at radius 3 is 2.33 bits per heavy atom. The summed E-state index contributed by atoms with van der Waals surface area (Å²) in [6.07, 6.45) is 2.50. The highest BCUT2D eigenvalue weighted by Gasteiger charge is 2.55. The van der Waals surface area contributed by atoms with Crippen LogP contribution in [0.5, 0.6) is 11.5 Å². The van der Waals surface area contributed by atoms with Gasteiger partial charge in [0, 0.05) is 25.6 Å². The Morgan fingerprint density at radius 1 is 1.00 bits per heavy atom. The van der Waals surface area contributed by atoms with Gasteiger partial charge in [0.25, 0.3) is 11.0 Å². The van der Waals surface area contributed by atoms with Gasteiger partial charge in [0.2, 0.25) is 12.2 Å². The molecule has 1 aliphatic heterocycles. The first-order chi connectivity index (χ1) is 27.0. The monoisotopic (exact) mass is 846 g/mol. The van der Waals surface area contributed by atoms with E-state index in [9.17, 15) is 57.7 Å². The molecule has 20 nitrogen and oxygen atoms in total. The largest absolute Gasteiger partial charge is 0.776 e. The third-order valence-corrected chi connectivity index (χ3v) is 12.0. The molecule has 0 saturated carbocycles. The Bertz CT molecular complexity index is 1880. The molecule has 0 saturated heterocycles. The first kappa shape index (κ1) is 45.6. The molecule has 0 aliphatic carbocycles. The van der Waals surface area contributed by atoms with Crippen molar-refractivity contribution in [1.82, 2.24) is 15.2 Å². The fourth-order valence-corrected chi connectivity index (χ4v) is 7.33. The van der Waals surface area contributed by atoms with Gasteiger partial charge in [0.1, 0.15) is 55.5 Å². The van der Waals surface area contributed by atoms with E-state index in [1.54, 1.807) is 30.3 Å². The molecule has 57 heavy (non-hydrogen) atoms. The number of aliphatic hydroxyl groups excluding tert-OH is 1. The number of carbonyl (C=O) groups is 3. The highest BCUT2D eigenvalue weighted by atomic mass is 31.2. The number of ketones is 1. The number of aliphatic hydroxyl groups is 2. The molecule has 3 aromatic rings. The SMILES string of the molecule is O=C(CCOCCOCCOCCNC(=O)COc1ccc2c(c1)OCC(c1ccc(F)cc1)C2=O)NCC(O)Cn1cc[n+](CC(O)(P(=O)([O-])O)P(=O)(O)O)c1. The predicted octanol–water partition coefficient (Wildman–Crippen LogP) is -1.24. The molecule has 1 aromatic heterocycles. The second kappa shape index (κ2) is 21.1. The summed E-state index contributed by atoms with van der Waals surface area (Å²) in [5.41, 5.74) is 1.03. The maximum atomic E-state index is 13.3. The standard InChI is InChI=1S/C34H45FN4O16P2/c35-25-3-1-24(2-4-25)29-20-55-30-17-27(5-6-28(30)33(29)43)54-21-32(42)36-8-12-52-14-16-53-15-13-51-11-7-31(41)37-18-26(40)19-38-9-10-39(23-38)22-34(44,56(45,46)47)57(48,49)50/h1-6,9-10,17,23,26,29,40,44H,7-8,11-16,18-22H2,(H5-,36,37,41,42,45,46,47,48,49,50). The fraction of sp³-hybridized carbons (Fsp3) is 0.471. The zero-order valence-corrected chi connectivity index (χ0v) is 32.3. The fourth-order valence-electron chi connectivity index (χ4n) is 5.32. The van der Waals surface area contributed by atoms with Crippen molar-refractivity contribution < 1.29 is 85.9 Å². The van der Waals surface area contributed by atoms with Gasteiger partial charge >= 0.3 is 7.60 Å². The molecule has 0 bridgehead atoms. The molecule has 4 unspecified atom stereocenters. The lowest BCUT2D eigenvalue weighted by Crippen LogP contribution is -2.48. The third kappa shape index (κ3) is 13.8. The van der Waals surface area contributed by atoms with Crippen LogP contribution in [0.2, 0.25) is 0 Å². The second-order valence-corrected chi connectivity index (χ2v) is 16.7. The van der Waals surface area contributed by atoms with Crippen LogP contribution in [0.3, 0.4) is 0 Å². The number of aromatic nitrogens is 2. The minimum Gasteiger partial charge on any atom is -0.776 e. The molecule has 7 N–H and O–H groups in total. The van der Waals surface area contributed by atoms with Crippen molar-refractivity contribution in [3.8, 4) is 11.5 Å². The van der Waals surface area contributed by atoms with Crippen LogP contribution < -0.4 is 29.6 Å². The molecule has 4 atom stereocenters. The Labute approximate surface area is 325 Å². The number of halogens is 1. The smallest absolute Gasteiger partial charge is 0.369 e. The second-order valence-electron chi connectivity index (χ2n) is 12.7. The van der Waals surface area contributed by atoms with Gasteiger partial charge in [-0.15, -0.1) is 0 Å². The van der Waals surface area contributed by atoms with E-state index in [0.29, 0.717) is 22.6 Å². The first-order valence-corrected chi connectivity index (χ1v) is 20.7. The Morgan fingerprint density at radius 2 is 1.67 bits per heavy atom. The molecule has 1 aliphatic rings. The number of carbonyl (C=O) groups excluding carboxylic acids is 3. The summed E-state index contributed by atoms with van der Waals surface area (Å²) in [5, 5.41) is 21.6. The molecular formula is C34H45FN4O16P2. The van der Waals surface area contributed by atoms with Gasteiger partial charge in [-0.3, -0.25) is 18.9 Å². The van der Waals surface area contributed by atoms with Crippen molar-refractivity contribution in [1.29, 1.82) is 0 Å². The van der Waals surface area contributed by atoms with Crippen molar-refractivity contribution in [2.75, 3.05) is 65.9 Å². The quantitative estimate of drug-likeness (QED) is 0.0315. The zero-order valence-electron chi connectivity index (χ0n) is 30.5. The van der Waals surface area contributed by atoms with Crippen LogP contribution in [0.4, 0.5) is 4.39 Å². The van der Waals surface area contributed by atoms with E-state index in [-0.39, 0.29) is 90.6 Å². The lowest BCUT2D eigenvalue weighted by Gasteiger charge is -2.34. The Kier molecular flexibility index (Phi) is 16.8. The summed E-state index contributed by atoms with van der Waals surface area (Å²) in [5.74, 6) is -1.18. The van der Waals surface area contributed by atoms with E-state index in [1.807, 2.05) is 0 Å². The van der Waals surface area contributed by atoms with Crippen LogP contribution in [0.25, 0.3) is 0 Å². The van der Waals surface area contributed by atoms with Crippen LogP contribution in [0.1, 0.15) is 28.3 Å². The van der Waals surface area contributed by atoms with Crippen molar-refractivity contribution in [2.24, 2.45) is 0 Å². The number of imidazole rings is 1. The van der Waals surface area contributed by atoms with Crippen molar-refractivity contribution in [2.45, 2.75) is 36.6 Å². The maximum Gasteiger partial charge on any atom is 0.369 e. The molecule has 2 amide bonds. The zero-order chi connectivity index (χ0) is 41.6.